The van der Waals surface area contributed by atoms with Crippen LogP contribution in [-0.2, 0) is 0 Å². The van der Waals surface area contributed by atoms with E-state index in [4.69, 9.17) is 4.42 Å². The highest BCUT2D eigenvalue weighted by atomic mass is 16.3. The molecule has 0 aliphatic heterocycles. The molecule has 286 valence electrons. The van der Waals surface area contributed by atoms with E-state index in [1.807, 2.05) is 0 Å². The molecule has 14 rings (SSSR count). The normalized spacial score (nSPS) is 12.2. The third-order valence-corrected chi connectivity index (χ3v) is 13.4. The smallest absolute Gasteiger partial charge is 0.135 e. The van der Waals surface area contributed by atoms with Gasteiger partial charge in [-0.2, -0.15) is 0 Å². The van der Waals surface area contributed by atoms with Crippen LogP contribution in [-0.4, -0.2) is 4.57 Å². The van der Waals surface area contributed by atoms with Gasteiger partial charge in [-0.15, -0.1) is 0 Å². The lowest BCUT2D eigenvalue weighted by atomic mass is 9.90. The van der Waals surface area contributed by atoms with Gasteiger partial charge in [-0.05, 0) is 154 Å². The van der Waals surface area contributed by atoms with Crippen molar-refractivity contribution in [3.05, 3.63) is 212 Å². The molecule has 2 aromatic heterocycles. The fraction of sp³-hybridized carbons (Fsp3) is 0. The average Bonchev–Trinajstić information content (AvgIpc) is 3.86. The highest BCUT2D eigenvalue weighted by molar-refractivity contribution is 6.34. The Bertz CT molecular complexity index is 4210. The Balaban J connectivity index is 0.980. The predicted molar refractivity (Wildman–Crippen MR) is 264 cm³/mol. The molecule has 0 N–H and O–H groups in total. The quantitative estimate of drug-likeness (QED) is 0.129. The van der Waals surface area contributed by atoms with Gasteiger partial charge in [-0.3, -0.25) is 0 Å². The van der Waals surface area contributed by atoms with Gasteiger partial charge in [-0.25, -0.2) is 0 Å². The molecule has 0 radical (unpaired) electrons. The number of hydrogen-bond donors (Lipinski definition) is 0. The standard InChI is InChI=1S/C60H35NO/c1-2-14-46(15-3-1)61-56-35-39-13-7-6-12-38(39)32-53(56)51-25-24-49-47-16-8-9-17-48(47)52-31-42(20-23-50(52)59(49)60(51)61)44-22-27-58-55(34-44)54-33-43(21-26-57(54)62-58)40-18-19-41-28-36-10-4-5-11-37(36)29-45(41)30-40/h1-35H. The van der Waals surface area contributed by atoms with Crippen LogP contribution in [0.2, 0.25) is 0 Å². The summed E-state index contributed by atoms with van der Waals surface area (Å²) in [6.45, 7) is 0. The number of aromatic nitrogens is 1. The van der Waals surface area contributed by atoms with Crippen molar-refractivity contribution in [3.8, 4) is 27.9 Å². The lowest BCUT2D eigenvalue weighted by Gasteiger charge is -2.15. The van der Waals surface area contributed by atoms with Crippen LogP contribution in [0, 0.1) is 0 Å². The highest BCUT2D eigenvalue weighted by Gasteiger charge is 2.20. The van der Waals surface area contributed by atoms with Gasteiger partial charge in [0.25, 0.3) is 0 Å². The molecule has 12 aromatic carbocycles. The third kappa shape index (κ3) is 4.86. The van der Waals surface area contributed by atoms with Gasteiger partial charge in [0, 0.05) is 32.6 Å². The van der Waals surface area contributed by atoms with Crippen LogP contribution in [0.5, 0.6) is 0 Å². The molecular formula is C60H35NO. The Labute approximate surface area is 356 Å². The summed E-state index contributed by atoms with van der Waals surface area (Å²) < 4.78 is 8.96. The van der Waals surface area contributed by atoms with E-state index >= 15 is 0 Å². The van der Waals surface area contributed by atoms with Gasteiger partial charge in [0.1, 0.15) is 11.2 Å². The minimum Gasteiger partial charge on any atom is -0.456 e. The Morgan fingerprint density at radius 3 is 1.47 bits per heavy atom. The van der Waals surface area contributed by atoms with Crippen molar-refractivity contribution in [3.63, 3.8) is 0 Å². The maximum absolute atomic E-state index is 6.46. The first-order chi connectivity index (χ1) is 30.7. The summed E-state index contributed by atoms with van der Waals surface area (Å²) in [5.74, 6) is 0. The summed E-state index contributed by atoms with van der Waals surface area (Å²) in [4.78, 5) is 0. The first-order valence-electron chi connectivity index (χ1n) is 21.4. The predicted octanol–water partition coefficient (Wildman–Crippen LogP) is 16.9. The number of fused-ring (bicyclic) bond motifs is 16. The third-order valence-electron chi connectivity index (χ3n) is 13.4. The van der Waals surface area contributed by atoms with E-state index in [0.29, 0.717) is 0 Å². The van der Waals surface area contributed by atoms with Crippen molar-refractivity contribution in [2.24, 2.45) is 0 Å². The molecule has 2 heteroatoms. The maximum atomic E-state index is 6.46. The molecule has 0 saturated heterocycles. The number of furan rings is 1. The number of nitrogens with zero attached hydrogens (tertiary/aromatic N) is 1. The van der Waals surface area contributed by atoms with Crippen LogP contribution in [0.1, 0.15) is 0 Å². The zero-order chi connectivity index (χ0) is 40.5. The van der Waals surface area contributed by atoms with E-state index in [2.05, 4.69) is 217 Å². The van der Waals surface area contributed by atoms with Gasteiger partial charge in [0.15, 0.2) is 0 Å². The van der Waals surface area contributed by atoms with Crippen molar-refractivity contribution in [2.45, 2.75) is 0 Å². The molecule has 0 saturated carbocycles. The van der Waals surface area contributed by atoms with E-state index in [-0.39, 0.29) is 0 Å². The highest BCUT2D eigenvalue weighted by Crippen LogP contribution is 2.45. The Hall–Kier alpha value is -8.20. The van der Waals surface area contributed by atoms with Gasteiger partial charge < -0.3 is 8.98 Å². The molecular weight excluding hydrogens is 751 g/mol. The fourth-order valence-electron chi connectivity index (χ4n) is 10.5. The zero-order valence-electron chi connectivity index (χ0n) is 33.6. The lowest BCUT2D eigenvalue weighted by molar-refractivity contribution is 0.669. The lowest BCUT2D eigenvalue weighted by Crippen LogP contribution is -1.95. The van der Waals surface area contributed by atoms with Crippen molar-refractivity contribution in [2.75, 3.05) is 0 Å². The Morgan fingerprint density at radius 1 is 0.274 bits per heavy atom. The molecule has 0 fully saturated rings. The second kappa shape index (κ2) is 12.7. The van der Waals surface area contributed by atoms with Crippen LogP contribution in [0.25, 0.3) is 136 Å². The van der Waals surface area contributed by atoms with Crippen molar-refractivity contribution in [1.82, 2.24) is 4.57 Å². The second-order valence-corrected chi connectivity index (χ2v) is 16.9. The van der Waals surface area contributed by atoms with Gasteiger partial charge >= 0.3 is 0 Å². The molecule has 2 nitrogen and oxygen atoms in total. The largest absolute Gasteiger partial charge is 0.456 e. The average molecular weight is 786 g/mol. The van der Waals surface area contributed by atoms with Gasteiger partial charge in [-0.1, -0.05) is 140 Å². The first kappa shape index (κ1) is 33.6. The number of hydrogen-bond acceptors (Lipinski definition) is 1. The summed E-state index contributed by atoms with van der Waals surface area (Å²) in [5, 5.41) is 19.8. The van der Waals surface area contributed by atoms with Crippen molar-refractivity contribution >= 4 is 108 Å². The molecule has 0 amide bonds. The minimum atomic E-state index is 0.895. The number of rotatable bonds is 3. The van der Waals surface area contributed by atoms with Crippen molar-refractivity contribution < 1.29 is 4.42 Å². The topological polar surface area (TPSA) is 18.1 Å². The van der Waals surface area contributed by atoms with Crippen LogP contribution < -0.4 is 0 Å². The second-order valence-electron chi connectivity index (χ2n) is 16.9. The van der Waals surface area contributed by atoms with E-state index < -0.39 is 0 Å². The molecule has 0 aliphatic carbocycles. The summed E-state index contributed by atoms with van der Waals surface area (Å²) in [5.41, 5.74) is 10.1. The molecule has 62 heavy (non-hydrogen) atoms. The SMILES string of the molecule is c1ccc(-n2c3cc4ccccc4cc3c3ccc4c5ccccc5c5cc(-c6ccc7oc8ccc(-c9ccc%10cc%11ccccc%11cc%10c9)cc8c7c6)ccc5c4c32)cc1. The monoisotopic (exact) mass is 785 g/mol. The summed E-state index contributed by atoms with van der Waals surface area (Å²) in [6, 6.07) is 78.3. The molecule has 0 atom stereocenters. The summed E-state index contributed by atoms with van der Waals surface area (Å²) >= 11 is 0. The van der Waals surface area contributed by atoms with Gasteiger partial charge in [0.05, 0.1) is 11.0 Å². The molecule has 0 unspecified atom stereocenters. The van der Waals surface area contributed by atoms with Crippen LogP contribution >= 0.6 is 0 Å². The van der Waals surface area contributed by atoms with E-state index in [1.165, 1.54) is 103 Å². The minimum absolute atomic E-state index is 0.895. The van der Waals surface area contributed by atoms with Crippen LogP contribution in [0.15, 0.2) is 217 Å². The maximum Gasteiger partial charge on any atom is 0.135 e. The number of benzene rings is 12. The molecule has 0 bridgehead atoms. The van der Waals surface area contributed by atoms with Gasteiger partial charge in [0.2, 0.25) is 0 Å². The van der Waals surface area contributed by atoms with Crippen LogP contribution in [0.3, 0.4) is 0 Å². The molecule has 2 heterocycles. The van der Waals surface area contributed by atoms with Crippen LogP contribution in [0.4, 0.5) is 0 Å². The zero-order valence-corrected chi connectivity index (χ0v) is 33.6. The summed E-state index contributed by atoms with van der Waals surface area (Å²) in [6.07, 6.45) is 0. The fourth-order valence-corrected chi connectivity index (χ4v) is 10.5. The number of para-hydroxylation sites is 1. The van der Waals surface area contributed by atoms with E-state index in [9.17, 15) is 0 Å². The summed E-state index contributed by atoms with van der Waals surface area (Å²) in [7, 11) is 0. The molecule has 14 aromatic rings. The Kier molecular flexibility index (Phi) is 6.86. The Morgan fingerprint density at radius 2 is 0.758 bits per heavy atom. The van der Waals surface area contributed by atoms with E-state index in [1.54, 1.807) is 0 Å². The first-order valence-corrected chi connectivity index (χ1v) is 21.4. The molecule has 0 aliphatic rings. The van der Waals surface area contributed by atoms with Crippen molar-refractivity contribution in [1.29, 1.82) is 0 Å². The molecule has 0 spiro atoms. The van der Waals surface area contributed by atoms with E-state index in [0.717, 1.165) is 33.2 Å².